The van der Waals surface area contributed by atoms with Gasteiger partial charge >= 0.3 is 4.38 Å². The van der Waals surface area contributed by atoms with Crippen LogP contribution < -0.4 is 9.47 Å². The summed E-state index contributed by atoms with van der Waals surface area (Å²) in [6.45, 7) is 4.77. The molecule has 0 heterocycles. The first-order valence-electron chi connectivity index (χ1n) is 8.95. The molecule has 0 radical (unpaired) electrons. The molecular weight excluding hydrogens is 416 g/mol. The lowest BCUT2D eigenvalue weighted by molar-refractivity contribution is 0.00380. The number of nitrogens with zero attached hydrogens (tertiary/aromatic N) is 2. The third-order valence-corrected chi connectivity index (χ3v) is 7.94. The molecule has 0 N–H and O–H groups in total. The summed E-state index contributed by atoms with van der Waals surface area (Å²) in [5.74, 6) is 0.887. The van der Waals surface area contributed by atoms with Gasteiger partial charge < -0.3 is 15.0 Å². The molecule has 0 aromatic heterocycles. The van der Waals surface area contributed by atoms with E-state index in [0.717, 1.165) is 12.8 Å². The van der Waals surface area contributed by atoms with Crippen molar-refractivity contribution in [1.29, 1.82) is 0 Å². The molecule has 0 fully saturated rings. The quantitative estimate of drug-likeness (QED) is 0.270. The zero-order valence-corrected chi connectivity index (χ0v) is 17.7. The summed E-state index contributed by atoms with van der Waals surface area (Å²) in [4.78, 5) is 1.94. The van der Waals surface area contributed by atoms with Crippen molar-refractivity contribution in [3.8, 4) is 11.5 Å². The number of benzene rings is 2. The summed E-state index contributed by atoms with van der Waals surface area (Å²) in [5.41, 5.74) is 9.24. The molecule has 0 unspecified atom stereocenters. The molecule has 2 aromatic carbocycles. The topological polar surface area (TPSA) is 123 Å². The van der Waals surface area contributed by atoms with Gasteiger partial charge in [-0.2, -0.15) is 0 Å². The highest BCUT2D eigenvalue weighted by Gasteiger charge is 2.44. The van der Waals surface area contributed by atoms with Crippen LogP contribution in [0.4, 0.5) is 0 Å². The molecule has 156 valence electrons. The third-order valence-electron chi connectivity index (χ3n) is 3.76. The average molecular weight is 439 g/mol. The monoisotopic (exact) mass is 438 g/mol. The van der Waals surface area contributed by atoms with Gasteiger partial charge in [0.2, 0.25) is 0 Å². The molecule has 8 nitrogen and oxygen atoms in total. The molecule has 2 rings (SSSR count). The first kappa shape index (κ1) is 22.6. The zero-order chi connectivity index (χ0) is 21.5. The summed E-state index contributed by atoms with van der Waals surface area (Å²) < 4.78 is 60.5. The van der Waals surface area contributed by atoms with Crippen LogP contribution in [0.3, 0.4) is 0 Å². The van der Waals surface area contributed by atoms with Gasteiger partial charge in [-0.3, -0.25) is 0 Å². The fourth-order valence-corrected chi connectivity index (χ4v) is 5.66. The van der Waals surface area contributed by atoms with E-state index in [1.165, 1.54) is 48.5 Å². The van der Waals surface area contributed by atoms with Crippen molar-refractivity contribution in [2.45, 2.75) is 36.5 Å². The second-order valence-corrected chi connectivity index (χ2v) is 10.0. The van der Waals surface area contributed by atoms with Gasteiger partial charge in [0.25, 0.3) is 19.7 Å². The standard InChI is InChI=1S/C19H22N2O6S2/c1-3-13-26-15-5-9-17(10-6-15)28(22,23)19(21-20)29(24,25)18-11-7-16(8-12-18)27-14-4-2/h5-12H,3-4,13-14H2,1-2H3. The lowest BCUT2D eigenvalue weighted by atomic mass is 10.3. The molecule has 2 aromatic rings. The van der Waals surface area contributed by atoms with Crippen LogP contribution in [-0.4, -0.2) is 39.2 Å². The van der Waals surface area contributed by atoms with Gasteiger partial charge in [-0.25, -0.2) is 16.8 Å². The van der Waals surface area contributed by atoms with Gasteiger partial charge in [0.05, 0.1) is 23.0 Å². The van der Waals surface area contributed by atoms with Crippen LogP contribution in [0, 0.1) is 0 Å². The molecular formula is C19H22N2O6S2. The third kappa shape index (κ3) is 5.23. The van der Waals surface area contributed by atoms with Crippen LogP contribution in [0.2, 0.25) is 0 Å². The molecule has 0 aliphatic rings. The average Bonchev–Trinajstić information content (AvgIpc) is 2.71. The molecule has 10 heteroatoms. The molecule has 0 saturated heterocycles. The Morgan fingerprint density at radius 3 is 1.38 bits per heavy atom. The SMILES string of the molecule is CCCOc1ccc(S(=O)(=O)C(=[N+]=[N-])S(=O)(=O)c2ccc(OCCC)cc2)cc1. The van der Waals surface area contributed by atoms with E-state index in [1.807, 2.05) is 13.8 Å². The first-order valence-corrected chi connectivity index (χ1v) is 11.9. The molecule has 0 amide bonds. The van der Waals surface area contributed by atoms with Gasteiger partial charge in [-0.05, 0) is 61.4 Å². The number of hydrogen-bond donors (Lipinski definition) is 0. The summed E-state index contributed by atoms with van der Waals surface area (Å²) in [5, 5.41) is 0. The van der Waals surface area contributed by atoms with E-state index >= 15 is 0 Å². The number of sulfone groups is 2. The predicted octanol–water partition coefficient (Wildman–Crippen LogP) is 3.10. The van der Waals surface area contributed by atoms with Crippen LogP contribution >= 0.6 is 0 Å². The van der Waals surface area contributed by atoms with Crippen molar-refractivity contribution in [2.75, 3.05) is 13.2 Å². The molecule has 0 spiro atoms. The van der Waals surface area contributed by atoms with Crippen LogP contribution in [0.25, 0.3) is 5.53 Å². The van der Waals surface area contributed by atoms with E-state index in [0.29, 0.717) is 24.7 Å². The highest BCUT2D eigenvalue weighted by Crippen LogP contribution is 2.24. The van der Waals surface area contributed by atoms with E-state index in [4.69, 9.17) is 9.47 Å². The second kappa shape index (κ2) is 9.69. The Hall–Kier alpha value is -2.68. The molecule has 29 heavy (non-hydrogen) atoms. The second-order valence-electron chi connectivity index (χ2n) is 6.01. The molecule has 0 bridgehead atoms. The minimum atomic E-state index is -4.59. The maximum atomic E-state index is 12.8. The van der Waals surface area contributed by atoms with Gasteiger partial charge in [-0.15, -0.1) is 4.79 Å². The van der Waals surface area contributed by atoms with Crippen molar-refractivity contribution >= 4 is 24.1 Å². The maximum absolute atomic E-state index is 12.8. The minimum absolute atomic E-state index is 0.333. The molecule has 0 aliphatic heterocycles. The number of rotatable bonds is 8. The fourth-order valence-electron chi connectivity index (χ4n) is 2.32. The first-order chi connectivity index (χ1) is 13.8. The smallest absolute Gasteiger partial charge is 0.494 e. The van der Waals surface area contributed by atoms with Crippen molar-refractivity contribution in [2.24, 2.45) is 0 Å². The maximum Gasteiger partial charge on any atom is 0.504 e. The Kier molecular flexibility index (Phi) is 7.55. The summed E-state index contributed by atoms with van der Waals surface area (Å²) in [6.07, 6.45) is 1.56. The van der Waals surface area contributed by atoms with E-state index < -0.39 is 24.1 Å². The van der Waals surface area contributed by atoms with Crippen LogP contribution in [0.15, 0.2) is 58.3 Å². The number of ether oxygens (including phenoxy) is 2. The van der Waals surface area contributed by atoms with Crippen LogP contribution in [0.1, 0.15) is 26.7 Å². The Balaban J connectivity index is 2.36. The van der Waals surface area contributed by atoms with Crippen LogP contribution in [0.5, 0.6) is 11.5 Å². The van der Waals surface area contributed by atoms with Crippen molar-refractivity contribution in [1.82, 2.24) is 0 Å². The Morgan fingerprint density at radius 1 is 0.759 bits per heavy atom. The van der Waals surface area contributed by atoms with Gasteiger partial charge in [0.15, 0.2) is 0 Å². The highest BCUT2D eigenvalue weighted by molar-refractivity contribution is 8.31. The van der Waals surface area contributed by atoms with Crippen molar-refractivity contribution in [3.63, 3.8) is 0 Å². The molecule has 0 saturated carbocycles. The normalized spacial score (nSPS) is 11.5. The van der Waals surface area contributed by atoms with Crippen LogP contribution in [-0.2, 0) is 19.7 Å². The predicted molar refractivity (Wildman–Crippen MR) is 107 cm³/mol. The molecule has 0 aliphatic carbocycles. The zero-order valence-electron chi connectivity index (χ0n) is 16.1. The van der Waals surface area contributed by atoms with E-state index in [9.17, 15) is 22.4 Å². The van der Waals surface area contributed by atoms with Crippen molar-refractivity contribution in [3.05, 3.63) is 54.1 Å². The molecule has 0 atom stereocenters. The van der Waals surface area contributed by atoms with Gasteiger partial charge in [-0.1, -0.05) is 13.8 Å². The van der Waals surface area contributed by atoms with E-state index in [2.05, 4.69) is 4.79 Å². The summed E-state index contributed by atoms with van der Waals surface area (Å²) in [6, 6.07) is 10.4. The Morgan fingerprint density at radius 2 is 1.10 bits per heavy atom. The van der Waals surface area contributed by atoms with E-state index in [-0.39, 0.29) is 9.79 Å². The number of hydrogen-bond acceptors (Lipinski definition) is 6. The Bertz CT molecular complexity index is 1000. The highest BCUT2D eigenvalue weighted by atomic mass is 32.3. The lowest BCUT2D eigenvalue weighted by Crippen LogP contribution is -2.26. The lowest BCUT2D eigenvalue weighted by Gasteiger charge is -2.07. The minimum Gasteiger partial charge on any atom is -0.494 e. The largest absolute Gasteiger partial charge is 0.504 e. The van der Waals surface area contributed by atoms with Gasteiger partial charge in [0.1, 0.15) is 11.5 Å². The van der Waals surface area contributed by atoms with Crippen molar-refractivity contribution < 1.29 is 31.1 Å². The fraction of sp³-hybridized carbons (Fsp3) is 0.316. The summed E-state index contributed by atoms with van der Waals surface area (Å²) in [7, 11) is -9.19. The van der Waals surface area contributed by atoms with Gasteiger partial charge in [0, 0.05) is 0 Å². The Labute approximate surface area is 170 Å². The van der Waals surface area contributed by atoms with E-state index in [1.54, 1.807) is 0 Å². The summed E-state index contributed by atoms with van der Waals surface area (Å²) >= 11 is 0.